The van der Waals surface area contributed by atoms with Gasteiger partial charge in [-0.2, -0.15) is 0 Å². The van der Waals surface area contributed by atoms with Gasteiger partial charge in [-0.25, -0.2) is 0 Å². The highest BCUT2D eigenvalue weighted by Gasteiger charge is 2.19. The molecule has 5 nitrogen and oxygen atoms in total. The zero-order valence-corrected chi connectivity index (χ0v) is 21.9. The van der Waals surface area contributed by atoms with E-state index >= 15 is 0 Å². The van der Waals surface area contributed by atoms with Gasteiger partial charge in [0.15, 0.2) is 11.6 Å². The van der Waals surface area contributed by atoms with Crippen LogP contribution in [0.25, 0.3) is 21.8 Å². The van der Waals surface area contributed by atoms with Gasteiger partial charge in [0.2, 0.25) is 0 Å². The number of aromatic nitrogens is 1. The summed E-state index contributed by atoms with van der Waals surface area (Å²) in [5.41, 5.74) is 4.95. The van der Waals surface area contributed by atoms with Crippen molar-refractivity contribution in [1.29, 1.82) is 0 Å². The van der Waals surface area contributed by atoms with E-state index in [1.807, 2.05) is 74.5 Å². The fourth-order valence-corrected chi connectivity index (χ4v) is 4.65. The molecule has 0 spiro atoms. The number of fused-ring (bicyclic) bond motifs is 3. The minimum absolute atomic E-state index is 0.00691. The molecular weight excluding hydrogens is 506 g/mol. The molecule has 0 amide bonds. The lowest BCUT2D eigenvalue weighted by molar-refractivity contribution is 0.0673. The van der Waals surface area contributed by atoms with Gasteiger partial charge in [0.25, 0.3) is 0 Å². The summed E-state index contributed by atoms with van der Waals surface area (Å²) in [6.45, 7) is 6.20. The van der Waals surface area contributed by atoms with Crippen molar-refractivity contribution in [3.63, 3.8) is 0 Å². The number of rotatable bonds is 11. The quantitative estimate of drug-likeness (QED) is 0.127. The average molecular weight is 536 g/mol. The van der Waals surface area contributed by atoms with Crippen molar-refractivity contribution in [1.82, 2.24) is 4.57 Å². The first kappa shape index (κ1) is 25.3. The molecule has 1 aromatic heterocycles. The maximum absolute atomic E-state index is 13.3. The molecule has 0 N–H and O–H groups in total. The predicted molar refractivity (Wildman–Crippen MR) is 144 cm³/mol. The van der Waals surface area contributed by atoms with Crippen LogP contribution in [0.3, 0.4) is 0 Å². The third-order valence-corrected chi connectivity index (χ3v) is 7.40. The van der Waals surface area contributed by atoms with E-state index in [0.29, 0.717) is 49.5 Å². The SMILES string of the molecule is CCC(Br)C(=O)c1ccc2c(c1)c1cc(C(=O)c3ccccc3C)ccc1n2CCOCCOC. The van der Waals surface area contributed by atoms with Crippen LogP contribution in [-0.4, -0.2) is 47.9 Å². The van der Waals surface area contributed by atoms with Crippen LogP contribution in [0.15, 0.2) is 60.7 Å². The minimum atomic E-state index is -0.222. The molecule has 0 aliphatic heterocycles. The van der Waals surface area contributed by atoms with Gasteiger partial charge >= 0.3 is 0 Å². The summed E-state index contributed by atoms with van der Waals surface area (Å²) in [4.78, 5) is 26.0. The van der Waals surface area contributed by atoms with Crippen LogP contribution < -0.4 is 0 Å². The van der Waals surface area contributed by atoms with Crippen molar-refractivity contribution < 1.29 is 19.1 Å². The smallest absolute Gasteiger partial charge is 0.193 e. The number of Topliss-reactive ketones (excluding diaryl/α,β-unsaturated/α-hetero) is 1. The molecule has 35 heavy (non-hydrogen) atoms. The highest BCUT2D eigenvalue weighted by Crippen LogP contribution is 2.32. The molecule has 182 valence electrons. The number of nitrogens with zero attached hydrogens (tertiary/aromatic N) is 1. The van der Waals surface area contributed by atoms with Gasteiger partial charge < -0.3 is 14.0 Å². The van der Waals surface area contributed by atoms with Gasteiger partial charge in [0.1, 0.15) is 0 Å². The zero-order chi connectivity index (χ0) is 24.9. The fraction of sp³-hybridized carbons (Fsp3) is 0.310. The Morgan fingerprint density at radius 2 is 1.57 bits per heavy atom. The van der Waals surface area contributed by atoms with Crippen LogP contribution in [0, 0.1) is 6.92 Å². The van der Waals surface area contributed by atoms with E-state index in [-0.39, 0.29) is 16.4 Å². The normalized spacial score (nSPS) is 12.3. The van der Waals surface area contributed by atoms with Gasteiger partial charge in [0.05, 0.1) is 24.6 Å². The largest absolute Gasteiger partial charge is 0.382 e. The number of aryl methyl sites for hydroxylation is 1. The van der Waals surface area contributed by atoms with Gasteiger partial charge in [-0.05, 0) is 55.3 Å². The number of alkyl halides is 1. The number of ketones is 2. The highest BCUT2D eigenvalue weighted by atomic mass is 79.9. The second-order valence-electron chi connectivity index (χ2n) is 8.60. The molecule has 0 fully saturated rings. The molecule has 1 unspecified atom stereocenters. The lowest BCUT2D eigenvalue weighted by Gasteiger charge is -2.10. The van der Waals surface area contributed by atoms with E-state index in [1.165, 1.54) is 0 Å². The van der Waals surface area contributed by atoms with Gasteiger partial charge in [-0.3, -0.25) is 9.59 Å². The molecular formula is C29H30BrNO4. The van der Waals surface area contributed by atoms with Crippen LogP contribution in [0.1, 0.15) is 45.2 Å². The third kappa shape index (κ3) is 5.25. The first-order valence-electron chi connectivity index (χ1n) is 11.9. The molecule has 4 aromatic rings. The van der Waals surface area contributed by atoms with E-state index < -0.39 is 0 Å². The minimum Gasteiger partial charge on any atom is -0.382 e. The van der Waals surface area contributed by atoms with Crippen molar-refractivity contribution >= 4 is 49.3 Å². The zero-order valence-electron chi connectivity index (χ0n) is 20.3. The Balaban J connectivity index is 1.81. The summed E-state index contributed by atoms with van der Waals surface area (Å²) in [7, 11) is 1.65. The molecule has 6 heteroatoms. The lowest BCUT2D eigenvalue weighted by atomic mass is 9.97. The number of halogens is 1. The van der Waals surface area contributed by atoms with Crippen molar-refractivity contribution in [2.24, 2.45) is 0 Å². The number of benzene rings is 3. The molecule has 1 heterocycles. The number of hydrogen-bond acceptors (Lipinski definition) is 4. The van der Waals surface area contributed by atoms with Gasteiger partial charge in [-0.15, -0.1) is 0 Å². The summed E-state index contributed by atoms with van der Waals surface area (Å²) >= 11 is 3.49. The molecule has 0 radical (unpaired) electrons. The molecule has 0 aliphatic rings. The molecule has 0 aliphatic carbocycles. The topological polar surface area (TPSA) is 57.5 Å². The maximum atomic E-state index is 13.3. The highest BCUT2D eigenvalue weighted by molar-refractivity contribution is 9.10. The van der Waals surface area contributed by atoms with Crippen LogP contribution in [0.4, 0.5) is 0 Å². The third-order valence-electron chi connectivity index (χ3n) is 6.34. The van der Waals surface area contributed by atoms with E-state index in [2.05, 4.69) is 20.5 Å². The lowest BCUT2D eigenvalue weighted by Crippen LogP contribution is -2.12. The Bertz CT molecular complexity index is 1370. The van der Waals surface area contributed by atoms with Crippen LogP contribution >= 0.6 is 15.9 Å². The van der Waals surface area contributed by atoms with Crippen LogP contribution in [0.2, 0.25) is 0 Å². The monoisotopic (exact) mass is 535 g/mol. The first-order valence-corrected chi connectivity index (χ1v) is 12.8. The summed E-state index contributed by atoms with van der Waals surface area (Å²) in [5.74, 6) is 0.0536. The molecule has 4 rings (SSSR count). The first-order chi connectivity index (χ1) is 17.0. The number of ether oxygens (including phenoxy) is 2. The number of carbonyl (C=O) groups excluding carboxylic acids is 2. The maximum Gasteiger partial charge on any atom is 0.193 e. The Kier molecular flexibility index (Phi) is 8.16. The summed E-state index contributed by atoms with van der Waals surface area (Å²) in [5, 5.41) is 1.91. The average Bonchev–Trinajstić information content (AvgIpc) is 3.19. The van der Waals surface area contributed by atoms with E-state index in [0.717, 1.165) is 27.4 Å². The van der Waals surface area contributed by atoms with Crippen LogP contribution in [0.5, 0.6) is 0 Å². The molecule has 0 saturated carbocycles. The van der Waals surface area contributed by atoms with E-state index in [4.69, 9.17) is 9.47 Å². The molecule has 0 saturated heterocycles. The van der Waals surface area contributed by atoms with E-state index in [9.17, 15) is 9.59 Å². The summed E-state index contributed by atoms with van der Waals surface area (Å²) < 4.78 is 13.0. The fourth-order valence-electron chi connectivity index (χ4n) is 4.39. The molecule has 0 bridgehead atoms. The van der Waals surface area contributed by atoms with Gasteiger partial charge in [-0.1, -0.05) is 47.1 Å². The number of carbonyl (C=O) groups is 2. The van der Waals surface area contributed by atoms with Crippen molar-refractivity contribution in [3.05, 3.63) is 82.9 Å². The molecule has 1 atom stereocenters. The standard InChI is InChI=1S/C29H30BrNO4/c1-4-25(30)29(33)21-10-12-27-24(18-21)23-17-20(28(32)22-8-6-5-7-19(22)2)9-11-26(23)31(27)13-14-35-16-15-34-3/h5-12,17-18,25H,4,13-16H2,1-3H3. The Labute approximate surface area is 214 Å². The van der Waals surface area contributed by atoms with Crippen molar-refractivity contribution in [3.8, 4) is 0 Å². The molecule has 3 aromatic carbocycles. The number of hydrogen-bond donors (Lipinski definition) is 0. The van der Waals surface area contributed by atoms with Gasteiger partial charge in [0, 0.05) is 52.2 Å². The Morgan fingerprint density at radius 1 is 0.914 bits per heavy atom. The van der Waals surface area contributed by atoms with Crippen LogP contribution in [-0.2, 0) is 16.0 Å². The Hall–Kier alpha value is -2.80. The summed E-state index contributed by atoms with van der Waals surface area (Å²) in [6.07, 6.45) is 0.715. The second kappa shape index (κ2) is 11.3. The number of methoxy groups -OCH3 is 1. The van der Waals surface area contributed by atoms with E-state index in [1.54, 1.807) is 7.11 Å². The van der Waals surface area contributed by atoms with Crippen molar-refractivity contribution in [2.75, 3.05) is 26.9 Å². The Morgan fingerprint density at radius 3 is 2.23 bits per heavy atom. The predicted octanol–water partition coefficient (Wildman–Crippen LogP) is 6.35. The summed E-state index contributed by atoms with van der Waals surface area (Å²) in [6, 6.07) is 19.3. The van der Waals surface area contributed by atoms with Crippen molar-refractivity contribution in [2.45, 2.75) is 31.6 Å². The second-order valence-corrected chi connectivity index (χ2v) is 9.71.